The van der Waals surface area contributed by atoms with Crippen LogP contribution >= 0.6 is 0 Å². The SMILES string of the molecule is CCCCCCCCCCCCCCCCCCCCCCCCC[CH]CCCCCCCCCCCF. The minimum atomic E-state index is -0.129. The van der Waals surface area contributed by atoms with E-state index in [1.807, 2.05) is 0 Å². The standard InChI is InChI=1S/C37H74F/c1-2-3-4-5-6-7-8-9-10-11-12-13-14-15-16-17-18-19-20-21-22-23-24-25-26-27-28-29-30-31-32-33-34-35-36-37-38/h26H,2-25,27-37H2,1H3. The van der Waals surface area contributed by atoms with Gasteiger partial charge in [-0.15, -0.1) is 0 Å². The van der Waals surface area contributed by atoms with Crippen molar-refractivity contribution in [2.75, 3.05) is 6.67 Å². The van der Waals surface area contributed by atoms with Gasteiger partial charge in [0.25, 0.3) is 0 Å². The predicted octanol–water partition coefficient (Wildman–Crippen LogP) is 14.4. The maximum atomic E-state index is 12.0. The Morgan fingerprint density at radius 2 is 0.500 bits per heavy atom. The van der Waals surface area contributed by atoms with Crippen molar-refractivity contribution in [2.45, 2.75) is 225 Å². The van der Waals surface area contributed by atoms with Gasteiger partial charge in [-0.25, -0.2) is 0 Å². The van der Waals surface area contributed by atoms with E-state index in [4.69, 9.17) is 0 Å². The molecule has 0 aromatic carbocycles. The highest BCUT2D eigenvalue weighted by atomic mass is 19.1. The average Bonchev–Trinajstić information content (AvgIpc) is 2.93. The first-order chi connectivity index (χ1) is 18.9. The molecule has 0 aliphatic rings. The van der Waals surface area contributed by atoms with Crippen LogP contribution < -0.4 is 0 Å². The van der Waals surface area contributed by atoms with Gasteiger partial charge in [-0.2, -0.15) is 0 Å². The van der Waals surface area contributed by atoms with Crippen molar-refractivity contribution in [1.29, 1.82) is 0 Å². The van der Waals surface area contributed by atoms with E-state index in [2.05, 4.69) is 13.3 Å². The number of hydrogen-bond acceptors (Lipinski definition) is 0. The van der Waals surface area contributed by atoms with Crippen LogP contribution in [0.15, 0.2) is 0 Å². The van der Waals surface area contributed by atoms with Crippen molar-refractivity contribution in [3.8, 4) is 0 Å². The average molecular weight is 538 g/mol. The summed E-state index contributed by atoms with van der Waals surface area (Å²) in [5, 5.41) is 0. The maximum Gasteiger partial charge on any atom is 0.0894 e. The van der Waals surface area contributed by atoms with E-state index >= 15 is 0 Å². The molecule has 0 aliphatic heterocycles. The normalized spacial score (nSPS) is 11.5. The van der Waals surface area contributed by atoms with Crippen LogP contribution in [0.25, 0.3) is 0 Å². The summed E-state index contributed by atoms with van der Waals surface area (Å²) in [5.74, 6) is 0. The smallest absolute Gasteiger partial charge is 0.0894 e. The van der Waals surface area contributed by atoms with E-state index in [-0.39, 0.29) is 6.67 Å². The summed E-state index contributed by atoms with van der Waals surface area (Å²) in [6.07, 6.45) is 50.3. The molecule has 0 nitrogen and oxygen atoms in total. The lowest BCUT2D eigenvalue weighted by molar-refractivity contribution is 0.449. The van der Waals surface area contributed by atoms with E-state index < -0.39 is 0 Å². The Bertz CT molecular complexity index is 343. The van der Waals surface area contributed by atoms with E-state index in [1.54, 1.807) is 0 Å². The molecule has 0 saturated carbocycles. The lowest BCUT2D eigenvalue weighted by Gasteiger charge is -2.04. The molecule has 0 unspecified atom stereocenters. The first-order valence-corrected chi connectivity index (χ1v) is 18.3. The zero-order valence-electron chi connectivity index (χ0n) is 26.7. The molecule has 0 aromatic rings. The molecule has 0 fully saturated rings. The molecule has 1 radical (unpaired) electrons. The van der Waals surface area contributed by atoms with Gasteiger partial charge in [-0.05, 0) is 12.8 Å². The molecule has 0 aliphatic carbocycles. The molecular weight excluding hydrogens is 463 g/mol. The Morgan fingerprint density at radius 3 is 0.737 bits per heavy atom. The highest BCUT2D eigenvalue weighted by molar-refractivity contribution is 4.65. The van der Waals surface area contributed by atoms with E-state index in [1.165, 1.54) is 205 Å². The van der Waals surface area contributed by atoms with E-state index in [9.17, 15) is 4.39 Å². The first kappa shape index (κ1) is 37.9. The molecule has 0 atom stereocenters. The van der Waals surface area contributed by atoms with Crippen molar-refractivity contribution in [3.05, 3.63) is 6.42 Å². The van der Waals surface area contributed by atoms with Crippen LogP contribution in [0, 0.1) is 6.42 Å². The van der Waals surface area contributed by atoms with Crippen molar-refractivity contribution < 1.29 is 4.39 Å². The zero-order valence-corrected chi connectivity index (χ0v) is 26.7. The van der Waals surface area contributed by atoms with Crippen LogP contribution in [0.1, 0.15) is 225 Å². The first-order valence-electron chi connectivity index (χ1n) is 18.3. The van der Waals surface area contributed by atoms with Crippen molar-refractivity contribution in [3.63, 3.8) is 0 Å². The molecule has 38 heavy (non-hydrogen) atoms. The van der Waals surface area contributed by atoms with Crippen molar-refractivity contribution in [2.24, 2.45) is 0 Å². The molecule has 229 valence electrons. The van der Waals surface area contributed by atoms with Gasteiger partial charge >= 0.3 is 0 Å². The summed E-state index contributed by atoms with van der Waals surface area (Å²) >= 11 is 0. The molecule has 0 bridgehead atoms. The fourth-order valence-electron chi connectivity index (χ4n) is 5.84. The third kappa shape index (κ3) is 35.9. The van der Waals surface area contributed by atoms with Gasteiger partial charge < -0.3 is 0 Å². The third-order valence-corrected chi connectivity index (χ3v) is 8.55. The highest BCUT2D eigenvalue weighted by Gasteiger charge is 1.97. The molecule has 1 heteroatoms. The van der Waals surface area contributed by atoms with Crippen LogP contribution in [0.4, 0.5) is 4.39 Å². The zero-order chi connectivity index (χ0) is 27.5. The minimum Gasteiger partial charge on any atom is -0.251 e. The van der Waals surface area contributed by atoms with E-state index in [0.29, 0.717) is 0 Å². The van der Waals surface area contributed by atoms with Crippen LogP contribution in [-0.4, -0.2) is 6.67 Å². The molecule has 0 N–H and O–H groups in total. The van der Waals surface area contributed by atoms with Gasteiger partial charge in [0.15, 0.2) is 0 Å². The number of hydrogen-bond donors (Lipinski definition) is 0. The molecule has 0 amide bonds. The van der Waals surface area contributed by atoms with Crippen LogP contribution in [0.3, 0.4) is 0 Å². The molecule has 0 aromatic heterocycles. The second-order valence-electron chi connectivity index (χ2n) is 12.5. The lowest BCUT2D eigenvalue weighted by Crippen LogP contribution is -1.85. The quantitative estimate of drug-likeness (QED) is 0.0705. The fourth-order valence-corrected chi connectivity index (χ4v) is 5.84. The van der Waals surface area contributed by atoms with Gasteiger partial charge in [-0.1, -0.05) is 219 Å². The monoisotopic (exact) mass is 538 g/mol. The van der Waals surface area contributed by atoms with Gasteiger partial charge in [0, 0.05) is 0 Å². The van der Waals surface area contributed by atoms with Gasteiger partial charge in [-0.3, -0.25) is 4.39 Å². The largest absolute Gasteiger partial charge is 0.251 e. The summed E-state index contributed by atoms with van der Waals surface area (Å²) in [5.41, 5.74) is 0. The Morgan fingerprint density at radius 1 is 0.289 bits per heavy atom. The second-order valence-corrected chi connectivity index (χ2v) is 12.5. The van der Waals surface area contributed by atoms with Crippen LogP contribution in [0.2, 0.25) is 0 Å². The van der Waals surface area contributed by atoms with Gasteiger partial charge in [0.1, 0.15) is 0 Å². The Labute approximate surface area is 242 Å². The molecule has 0 saturated heterocycles. The number of rotatable bonds is 35. The predicted molar refractivity (Wildman–Crippen MR) is 173 cm³/mol. The summed E-state index contributed by atoms with van der Waals surface area (Å²) < 4.78 is 12.0. The third-order valence-electron chi connectivity index (χ3n) is 8.55. The maximum absolute atomic E-state index is 12.0. The minimum absolute atomic E-state index is 0.129. The number of unbranched alkanes of at least 4 members (excludes halogenated alkanes) is 34. The van der Waals surface area contributed by atoms with E-state index in [0.717, 1.165) is 12.8 Å². The topological polar surface area (TPSA) is 0 Å². The summed E-state index contributed by atoms with van der Waals surface area (Å²) in [7, 11) is 0. The van der Waals surface area contributed by atoms with Gasteiger partial charge in [0.2, 0.25) is 0 Å². The molecule has 0 rings (SSSR count). The van der Waals surface area contributed by atoms with Crippen LogP contribution in [-0.2, 0) is 0 Å². The number of alkyl halides is 1. The summed E-state index contributed by atoms with van der Waals surface area (Å²) in [6, 6.07) is 0. The Hall–Kier alpha value is -0.0700. The highest BCUT2D eigenvalue weighted by Crippen LogP contribution is 2.17. The second kappa shape index (κ2) is 36.9. The van der Waals surface area contributed by atoms with Crippen molar-refractivity contribution >= 4 is 0 Å². The summed E-state index contributed by atoms with van der Waals surface area (Å²) in [4.78, 5) is 0. The molecule has 0 heterocycles. The molecule has 0 spiro atoms. The lowest BCUT2D eigenvalue weighted by atomic mass is 10.0. The molecular formula is C37H74F. The van der Waals surface area contributed by atoms with Gasteiger partial charge in [0.05, 0.1) is 6.67 Å². The van der Waals surface area contributed by atoms with Crippen molar-refractivity contribution in [1.82, 2.24) is 0 Å². The Balaban J connectivity index is 3.01. The summed E-state index contributed by atoms with van der Waals surface area (Å²) in [6.45, 7) is 2.18. The fraction of sp³-hybridized carbons (Fsp3) is 0.973. The number of halogens is 1. The Kier molecular flexibility index (Phi) is 36.9. The van der Waals surface area contributed by atoms with Crippen LogP contribution in [0.5, 0.6) is 0 Å².